The molecule has 0 radical (unpaired) electrons. The third-order valence-electron chi connectivity index (χ3n) is 4.08. The molecule has 154 valence electrons. The Morgan fingerprint density at radius 3 is 2.55 bits per heavy atom. The molecule has 0 saturated carbocycles. The number of methoxy groups -OCH3 is 1. The Balaban J connectivity index is 1.97. The molecule has 10 heteroatoms. The molecule has 0 saturated heterocycles. The first kappa shape index (κ1) is 20.7. The number of nitrogens with one attached hydrogen (secondary N) is 1. The van der Waals surface area contributed by atoms with E-state index in [-0.39, 0.29) is 35.4 Å². The van der Waals surface area contributed by atoms with Crippen LogP contribution in [0.3, 0.4) is 0 Å². The predicted octanol–water partition coefficient (Wildman–Crippen LogP) is 2.71. The van der Waals surface area contributed by atoms with Gasteiger partial charge in [-0.05, 0) is 31.3 Å². The van der Waals surface area contributed by atoms with Crippen molar-refractivity contribution < 1.29 is 26.7 Å². The van der Waals surface area contributed by atoms with Crippen molar-refractivity contribution in [2.24, 2.45) is 0 Å². The lowest BCUT2D eigenvalue weighted by molar-refractivity contribution is 0.284. The van der Waals surface area contributed by atoms with Crippen LogP contribution in [0, 0.1) is 11.6 Å². The summed E-state index contributed by atoms with van der Waals surface area (Å²) in [6.07, 6.45) is 1.18. The normalized spacial score (nSPS) is 11.4. The molecule has 2 aromatic heterocycles. The van der Waals surface area contributed by atoms with Crippen LogP contribution in [0.1, 0.15) is 11.3 Å². The summed E-state index contributed by atoms with van der Waals surface area (Å²) in [6.45, 7) is -0.0252. The van der Waals surface area contributed by atoms with Gasteiger partial charge in [-0.1, -0.05) is 0 Å². The van der Waals surface area contributed by atoms with E-state index in [1.807, 2.05) is 0 Å². The van der Waals surface area contributed by atoms with Gasteiger partial charge in [-0.2, -0.15) is 0 Å². The molecule has 0 amide bonds. The largest absolute Gasteiger partial charge is 0.481 e. The maximum absolute atomic E-state index is 13.9. The molecule has 0 aliphatic rings. The summed E-state index contributed by atoms with van der Waals surface area (Å²) in [6, 6.07) is 8.95. The first-order valence-corrected chi connectivity index (χ1v) is 9.98. The van der Waals surface area contributed by atoms with Crippen LogP contribution in [0.2, 0.25) is 0 Å². The van der Waals surface area contributed by atoms with Gasteiger partial charge in [0.05, 0.1) is 19.0 Å². The second-order valence-corrected chi connectivity index (χ2v) is 7.81. The van der Waals surface area contributed by atoms with Gasteiger partial charge in [0.15, 0.2) is 0 Å². The van der Waals surface area contributed by atoms with Gasteiger partial charge >= 0.3 is 0 Å². The van der Waals surface area contributed by atoms with Crippen LogP contribution in [-0.2, 0) is 23.2 Å². The van der Waals surface area contributed by atoms with E-state index < -0.39 is 21.7 Å². The highest BCUT2D eigenvalue weighted by atomic mass is 32.2. The quantitative estimate of drug-likeness (QED) is 0.600. The SMILES string of the molecule is CNCc1ccc(OCc2ccc(F)cc2F)n1S(=O)(=O)c1ccc(OC)nc1. The van der Waals surface area contributed by atoms with Crippen LogP contribution in [0.5, 0.6) is 11.8 Å². The number of rotatable bonds is 8. The number of hydrogen-bond acceptors (Lipinski definition) is 6. The fraction of sp³-hybridized carbons (Fsp3) is 0.211. The number of nitrogens with zero attached hydrogens (tertiary/aromatic N) is 2. The zero-order valence-corrected chi connectivity index (χ0v) is 16.5. The molecule has 3 aromatic rings. The Hall–Kier alpha value is -2.98. The van der Waals surface area contributed by atoms with Crippen LogP contribution >= 0.6 is 0 Å². The third kappa shape index (κ3) is 4.38. The van der Waals surface area contributed by atoms with E-state index in [1.165, 1.54) is 37.6 Å². The molecule has 2 heterocycles. The van der Waals surface area contributed by atoms with Crippen molar-refractivity contribution in [3.63, 3.8) is 0 Å². The summed E-state index contributed by atoms with van der Waals surface area (Å²) in [5.41, 5.74) is 0.510. The van der Waals surface area contributed by atoms with E-state index >= 15 is 0 Å². The molecule has 0 aliphatic carbocycles. The lowest BCUT2D eigenvalue weighted by Crippen LogP contribution is -2.20. The molecule has 1 N–H and O–H groups in total. The van der Waals surface area contributed by atoms with E-state index in [1.54, 1.807) is 13.1 Å². The van der Waals surface area contributed by atoms with Gasteiger partial charge in [0, 0.05) is 30.3 Å². The molecule has 3 rings (SSSR count). The minimum absolute atomic E-state index is 0.00482. The Labute approximate surface area is 167 Å². The average molecular weight is 423 g/mol. The zero-order chi connectivity index (χ0) is 21.0. The predicted molar refractivity (Wildman–Crippen MR) is 101 cm³/mol. The Kier molecular flexibility index (Phi) is 6.14. The summed E-state index contributed by atoms with van der Waals surface area (Å²) < 4.78 is 64.9. The van der Waals surface area contributed by atoms with Crippen LogP contribution in [-0.4, -0.2) is 31.5 Å². The number of pyridine rings is 1. The van der Waals surface area contributed by atoms with Crippen molar-refractivity contribution in [1.29, 1.82) is 0 Å². The highest BCUT2D eigenvalue weighted by molar-refractivity contribution is 7.90. The highest BCUT2D eigenvalue weighted by Gasteiger charge is 2.25. The number of ether oxygens (including phenoxy) is 2. The van der Waals surface area contributed by atoms with Crippen molar-refractivity contribution in [2.75, 3.05) is 14.2 Å². The van der Waals surface area contributed by atoms with E-state index in [2.05, 4.69) is 10.3 Å². The standard InChI is InChI=1S/C19H19F2N3O4S/c1-22-10-15-5-8-19(28-12-13-3-4-14(20)9-17(13)21)24(15)29(25,26)16-6-7-18(27-2)23-11-16/h3-9,11,22H,10,12H2,1-2H3. The van der Waals surface area contributed by atoms with Crippen LogP contribution in [0.15, 0.2) is 53.6 Å². The van der Waals surface area contributed by atoms with Crippen LogP contribution in [0.4, 0.5) is 8.78 Å². The van der Waals surface area contributed by atoms with Crippen molar-refractivity contribution in [2.45, 2.75) is 18.0 Å². The summed E-state index contributed by atoms with van der Waals surface area (Å²) >= 11 is 0. The fourth-order valence-corrected chi connectivity index (χ4v) is 4.09. The third-order valence-corrected chi connectivity index (χ3v) is 5.82. The minimum Gasteiger partial charge on any atom is -0.481 e. The van der Waals surface area contributed by atoms with Gasteiger partial charge < -0.3 is 14.8 Å². The van der Waals surface area contributed by atoms with E-state index in [9.17, 15) is 17.2 Å². The second-order valence-electron chi connectivity index (χ2n) is 6.02. The van der Waals surface area contributed by atoms with Crippen molar-refractivity contribution in [1.82, 2.24) is 14.3 Å². The Bertz CT molecular complexity index is 1100. The van der Waals surface area contributed by atoms with Gasteiger partial charge in [-0.15, -0.1) is 0 Å². The summed E-state index contributed by atoms with van der Waals surface area (Å²) in [7, 11) is -0.947. The van der Waals surface area contributed by atoms with E-state index in [0.29, 0.717) is 5.69 Å². The molecule has 7 nitrogen and oxygen atoms in total. The van der Waals surface area contributed by atoms with Crippen LogP contribution < -0.4 is 14.8 Å². The number of aromatic nitrogens is 2. The average Bonchev–Trinajstić information content (AvgIpc) is 3.11. The molecule has 1 aromatic carbocycles. The van der Waals surface area contributed by atoms with Gasteiger partial charge in [0.2, 0.25) is 11.8 Å². The fourth-order valence-electron chi connectivity index (χ4n) is 2.67. The molecule has 0 bridgehead atoms. The van der Waals surface area contributed by atoms with Gasteiger partial charge in [-0.25, -0.2) is 26.2 Å². The van der Waals surface area contributed by atoms with Gasteiger partial charge in [0.25, 0.3) is 10.0 Å². The van der Waals surface area contributed by atoms with Crippen molar-refractivity contribution in [3.8, 4) is 11.8 Å². The maximum Gasteiger partial charge on any atom is 0.272 e. The summed E-state index contributed by atoms with van der Waals surface area (Å²) in [5, 5.41) is 2.89. The Morgan fingerprint density at radius 2 is 1.93 bits per heavy atom. The van der Waals surface area contributed by atoms with Gasteiger partial charge in [0.1, 0.15) is 23.1 Å². The molecule has 0 fully saturated rings. The minimum atomic E-state index is -4.05. The molecule has 0 unspecified atom stereocenters. The summed E-state index contributed by atoms with van der Waals surface area (Å²) in [4.78, 5) is 3.87. The van der Waals surface area contributed by atoms with Crippen LogP contribution in [0.25, 0.3) is 0 Å². The Morgan fingerprint density at radius 1 is 1.14 bits per heavy atom. The lowest BCUT2D eigenvalue weighted by Gasteiger charge is -2.15. The first-order chi connectivity index (χ1) is 13.9. The topological polar surface area (TPSA) is 82.5 Å². The molecule has 0 aliphatic heterocycles. The maximum atomic E-state index is 13.9. The number of benzene rings is 1. The molecular formula is C19H19F2N3O4S. The van der Waals surface area contributed by atoms with E-state index in [4.69, 9.17) is 9.47 Å². The first-order valence-electron chi connectivity index (χ1n) is 8.54. The summed E-state index contributed by atoms with van der Waals surface area (Å²) in [5.74, 6) is -1.22. The number of halogens is 2. The van der Waals surface area contributed by atoms with Crippen molar-refractivity contribution >= 4 is 10.0 Å². The second kappa shape index (κ2) is 8.58. The molecule has 0 atom stereocenters. The monoisotopic (exact) mass is 423 g/mol. The van der Waals surface area contributed by atoms with E-state index in [0.717, 1.165) is 16.1 Å². The molecular weight excluding hydrogens is 404 g/mol. The molecule has 29 heavy (non-hydrogen) atoms. The van der Waals surface area contributed by atoms with Crippen molar-refractivity contribution in [3.05, 3.63) is 71.6 Å². The lowest BCUT2D eigenvalue weighted by atomic mass is 10.2. The molecule has 0 spiro atoms. The zero-order valence-electron chi connectivity index (χ0n) is 15.7. The number of hydrogen-bond donors (Lipinski definition) is 1. The smallest absolute Gasteiger partial charge is 0.272 e. The van der Waals surface area contributed by atoms with Gasteiger partial charge in [-0.3, -0.25) is 0 Å². The highest BCUT2D eigenvalue weighted by Crippen LogP contribution is 2.26.